The summed E-state index contributed by atoms with van der Waals surface area (Å²) in [5, 5.41) is 13.9. The van der Waals surface area contributed by atoms with Crippen molar-refractivity contribution in [2.24, 2.45) is 0 Å². The number of hydrogen-bond donors (Lipinski definition) is 2. The first-order chi connectivity index (χ1) is 12.6. The first kappa shape index (κ1) is 20.6. The lowest BCUT2D eigenvalue weighted by Crippen LogP contribution is -2.52. The Balaban J connectivity index is 0.000000596. The summed E-state index contributed by atoms with van der Waals surface area (Å²) in [6, 6.07) is 4.91. The van der Waals surface area contributed by atoms with Crippen LogP contribution in [-0.4, -0.2) is 50.4 Å². The number of ether oxygens (including phenoxy) is 1. The van der Waals surface area contributed by atoms with Crippen molar-refractivity contribution in [3.63, 3.8) is 0 Å². The molecule has 2 aromatic rings. The van der Waals surface area contributed by atoms with Gasteiger partial charge in [0.1, 0.15) is 11.6 Å². The number of carboxylic acid groups (broad SMARTS) is 2. The summed E-state index contributed by atoms with van der Waals surface area (Å²) >= 11 is 0. The second kappa shape index (κ2) is 8.30. The van der Waals surface area contributed by atoms with Gasteiger partial charge in [0.25, 0.3) is 0 Å². The minimum atomic E-state index is -1.83. The Bertz CT molecular complexity index is 790. The molecule has 0 saturated carbocycles. The van der Waals surface area contributed by atoms with Crippen molar-refractivity contribution in [1.29, 1.82) is 0 Å². The van der Waals surface area contributed by atoms with Crippen molar-refractivity contribution in [3.8, 4) is 17.1 Å². The van der Waals surface area contributed by atoms with E-state index in [1.54, 1.807) is 31.6 Å². The lowest BCUT2D eigenvalue weighted by atomic mass is 9.87. The van der Waals surface area contributed by atoms with Crippen LogP contribution in [-0.2, 0) is 0 Å². The van der Waals surface area contributed by atoms with Gasteiger partial charge < -0.3 is 14.9 Å². The zero-order valence-electron chi connectivity index (χ0n) is 15.8. The summed E-state index contributed by atoms with van der Waals surface area (Å²) in [7, 11) is 1.61. The fourth-order valence-corrected chi connectivity index (χ4v) is 3.21. The van der Waals surface area contributed by atoms with Crippen LogP contribution in [0.1, 0.15) is 38.8 Å². The van der Waals surface area contributed by atoms with Crippen LogP contribution in [0, 0.1) is 5.82 Å². The quantitative estimate of drug-likeness (QED) is 0.833. The standard InChI is InChI=1S/C18H22FN3O.CH2O3/c1-18(2,3)22-9-6-15(22)13-10-12(19)11-14(16(13)23-4)17-20-7-5-8-21-17;2-1(3)4/h5,7-8,10-11,15H,6,9H2,1-4H3;(H2,2,3,4). The van der Waals surface area contributed by atoms with Gasteiger partial charge in [0.2, 0.25) is 0 Å². The highest BCUT2D eigenvalue weighted by atomic mass is 19.1. The zero-order valence-corrected chi connectivity index (χ0v) is 15.8. The molecule has 0 amide bonds. The Kier molecular flexibility index (Phi) is 6.32. The van der Waals surface area contributed by atoms with Gasteiger partial charge in [-0.05, 0) is 45.4 Å². The minimum absolute atomic E-state index is 0.0314. The van der Waals surface area contributed by atoms with E-state index in [1.165, 1.54) is 6.07 Å². The maximum absolute atomic E-state index is 14.2. The van der Waals surface area contributed by atoms with Crippen LogP contribution in [0.4, 0.5) is 9.18 Å². The first-order valence-corrected chi connectivity index (χ1v) is 8.48. The highest BCUT2D eigenvalue weighted by molar-refractivity contribution is 5.67. The third-order valence-corrected chi connectivity index (χ3v) is 4.33. The van der Waals surface area contributed by atoms with Gasteiger partial charge in [0, 0.05) is 36.1 Å². The Labute approximate surface area is 157 Å². The smallest absolute Gasteiger partial charge is 0.496 e. The third-order valence-electron chi connectivity index (χ3n) is 4.33. The average molecular weight is 377 g/mol. The number of likely N-dealkylation sites (tertiary alicyclic amines) is 1. The number of carbonyl (C=O) groups is 1. The maximum Gasteiger partial charge on any atom is 0.503 e. The molecule has 27 heavy (non-hydrogen) atoms. The van der Waals surface area contributed by atoms with Crippen molar-refractivity contribution < 1.29 is 24.1 Å². The summed E-state index contributed by atoms with van der Waals surface area (Å²) in [5.74, 6) is 0.854. The largest absolute Gasteiger partial charge is 0.503 e. The normalized spacial score (nSPS) is 16.7. The molecule has 1 fully saturated rings. The molecule has 0 spiro atoms. The van der Waals surface area contributed by atoms with Crippen molar-refractivity contribution in [2.45, 2.75) is 38.8 Å². The first-order valence-electron chi connectivity index (χ1n) is 8.48. The number of methoxy groups -OCH3 is 1. The molecule has 1 atom stereocenters. The van der Waals surface area contributed by atoms with E-state index in [1.807, 2.05) is 0 Å². The number of nitrogens with zero attached hydrogens (tertiary/aromatic N) is 3. The molecule has 1 aliphatic rings. The van der Waals surface area contributed by atoms with Crippen molar-refractivity contribution >= 4 is 6.16 Å². The summed E-state index contributed by atoms with van der Waals surface area (Å²) in [6.45, 7) is 7.52. The lowest BCUT2D eigenvalue weighted by Gasteiger charge is -2.50. The number of hydrogen-bond acceptors (Lipinski definition) is 5. The van der Waals surface area contributed by atoms with E-state index in [-0.39, 0.29) is 17.4 Å². The molecule has 1 unspecified atom stereocenters. The van der Waals surface area contributed by atoms with E-state index in [0.29, 0.717) is 17.1 Å². The fourth-order valence-electron chi connectivity index (χ4n) is 3.21. The summed E-state index contributed by atoms with van der Waals surface area (Å²) in [5.41, 5.74) is 1.50. The van der Waals surface area contributed by atoms with E-state index >= 15 is 0 Å². The molecule has 7 nitrogen and oxygen atoms in total. The van der Waals surface area contributed by atoms with Gasteiger partial charge in [-0.3, -0.25) is 4.90 Å². The monoisotopic (exact) mass is 377 g/mol. The predicted octanol–water partition coefficient (Wildman–Crippen LogP) is 4.06. The molecule has 0 radical (unpaired) electrons. The van der Waals surface area contributed by atoms with Crippen LogP contribution in [0.15, 0.2) is 30.6 Å². The van der Waals surface area contributed by atoms with E-state index in [9.17, 15) is 4.39 Å². The number of rotatable bonds is 3. The molecule has 1 aromatic heterocycles. The van der Waals surface area contributed by atoms with Gasteiger partial charge in [-0.25, -0.2) is 19.2 Å². The fraction of sp³-hybridized carbons (Fsp3) is 0.421. The maximum atomic E-state index is 14.2. The molecule has 1 aromatic carbocycles. The predicted molar refractivity (Wildman–Crippen MR) is 98.4 cm³/mol. The van der Waals surface area contributed by atoms with Crippen LogP contribution in [0.25, 0.3) is 11.4 Å². The van der Waals surface area contributed by atoms with Crippen molar-refractivity contribution in [1.82, 2.24) is 14.9 Å². The number of aromatic nitrogens is 2. The molecule has 8 heteroatoms. The van der Waals surface area contributed by atoms with E-state index in [4.69, 9.17) is 19.7 Å². The third kappa shape index (κ3) is 4.91. The van der Waals surface area contributed by atoms with Crippen molar-refractivity contribution in [3.05, 3.63) is 42.0 Å². The Morgan fingerprint density at radius 1 is 1.26 bits per heavy atom. The molecule has 2 heterocycles. The van der Waals surface area contributed by atoms with Gasteiger partial charge >= 0.3 is 6.16 Å². The van der Waals surface area contributed by atoms with Crippen LogP contribution >= 0.6 is 0 Å². The Morgan fingerprint density at radius 3 is 2.30 bits per heavy atom. The van der Waals surface area contributed by atoms with Crippen LogP contribution < -0.4 is 4.74 Å². The van der Waals surface area contributed by atoms with Crippen LogP contribution in [0.2, 0.25) is 0 Å². The number of halogens is 1. The molecule has 0 bridgehead atoms. The topological polar surface area (TPSA) is 95.8 Å². The average Bonchev–Trinajstić information content (AvgIpc) is 2.52. The Morgan fingerprint density at radius 2 is 1.85 bits per heavy atom. The van der Waals surface area contributed by atoms with Gasteiger partial charge in [-0.2, -0.15) is 0 Å². The molecule has 1 aliphatic heterocycles. The molecular formula is C19H24FN3O4. The van der Waals surface area contributed by atoms with Gasteiger partial charge in [0.05, 0.1) is 12.7 Å². The van der Waals surface area contributed by atoms with E-state index in [0.717, 1.165) is 18.5 Å². The lowest BCUT2D eigenvalue weighted by molar-refractivity contribution is -0.000810. The molecule has 146 valence electrons. The van der Waals surface area contributed by atoms with Gasteiger partial charge in [-0.15, -0.1) is 0 Å². The van der Waals surface area contributed by atoms with E-state index in [2.05, 4.69) is 35.6 Å². The van der Waals surface area contributed by atoms with Gasteiger partial charge in [-0.1, -0.05) is 0 Å². The second-order valence-corrected chi connectivity index (χ2v) is 7.10. The van der Waals surface area contributed by atoms with Gasteiger partial charge in [0.15, 0.2) is 5.82 Å². The highest BCUT2D eigenvalue weighted by Gasteiger charge is 2.39. The SMILES string of the molecule is COc1c(-c2ncccn2)cc(F)cc1C1CCN1C(C)(C)C.O=C(O)O. The summed E-state index contributed by atoms with van der Waals surface area (Å²) in [4.78, 5) is 19.4. The second-order valence-electron chi connectivity index (χ2n) is 7.10. The van der Waals surface area contributed by atoms with Crippen LogP contribution in [0.5, 0.6) is 5.75 Å². The number of benzene rings is 1. The molecule has 1 saturated heterocycles. The van der Waals surface area contributed by atoms with E-state index < -0.39 is 6.16 Å². The Hall–Kier alpha value is -2.74. The minimum Gasteiger partial charge on any atom is -0.496 e. The highest BCUT2D eigenvalue weighted by Crippen LogP contribution is 2.45. The summed E-state index contributed by atoms with van der Waals surface area (Å²) in [6.07, 6.45) is 2.46. The zero-order chi connectivity index (χ0) is 20.2. The van der Waals surface area contributed by atoms with Crippen molar-refractivity contribution in [2.75, 3.05) is 13.7 Å². The molecular weight excluding hydrogens is 353 g/mol. The summed E-state index contributed by atoms with van der Waals surface area (Å²) < 4.78 is 19.9. The molecule has 2 N–H and O–H groups in total. The molecule has 0 aliphatic carbocycles. The molecule has 3 rings (SSSR count). The van der Waals surface area contributed by atoms with Crippen LogP contribution in [0.3, 0.4) is 0 Å².